The van der Waals surface area contributed by atoms with Crippen molar-refractivity contribution in [3.63, 3.8) is 0 Å². The highest BCUT2D eigenvalue weighted by atomic mass is 16.7. The summed E-state index contributed by atoms with van der Waals surface area (Å²) >= 11 is 0. The molecule has 0 spiro atoms. The number of fused-ring (bicyclic) bond motifs is 5. The second kappa shape index (κ2) is 9.75. The minimum atomic E-state index is -1.13. The molecule has 4 saturated carbocycles. The molecule has 0 aromatic heterocycles. The predicted octanol–water partition coefficient (Wildman–Crippen LogP) is 2.08. The molecule has 14 atom stereocenters. The molecule has 0 aromatic carbocycles. The highest BCUT2D eigenvalue weighted by molar-refractivity contribution is 5.85. The van der Waals surface area contributed by atoms with Crippen LogP contribution < -0.4 is 0 Å². The number of hydrogen-bond acceptors (Lipinski definition) is 9. The molecule has 5 unspecified atom stereocenters. The average Bonchev–Trinajstić information content (AvgIpc) is 3.43. The second-order valence-electron chi connectivity index (χ2n) is 13.8. The Kier molecular flexibility index (Phi) is 7.02. The molecule has 6 aliphatic rings. The molecule has 6 rings (SSSR count). The molecule has 220 valence electrons. The number of rotatable bonds is 4. The van der Waals surface area contributed by atoms with Crippen molar-refractivity contribution in [3.05, 3.63) is 11.6 Å². The van der Waals surface area contributed by atoms with Gasteiger partial charge < -0.3 is 39.4 Å². The first-order valence-corrected chi connectivity index (χ1v) is 14.9. The molecule has 9 nitrogen and oxygen atoms in total. The van der Waals surface area contributed by atoms with Gasteiger partial charge in [-0.25, -0.2) is 4.79 Å². The zero-order valence-electron chi connectivity index (χ0n) is 23.6. The number of esters is 1. The van der Waals surface area contributed by atoms with Crippen LogP contribution in [0.4, 0.5) is 0 Å². The predicted molar refractivity (Wildman–Crippen MR) is 139 cm³/mol. The molecule has 0 aromatic rings. The zero-order valence-corrected chi connectivity index (χ0v) is 23.6. The Morgan fingerprint density at radius 1 is 1.00 bits per heavy atom. The lowest BCUT2D eigenvalue weighted by atomic mass is 9.42. The van der Waals surface area contributed by atoms with Gasteiger partial charge in [0.05, 0.1) is 23.9 Å². The third-order valence-corrected chi connectivity index (χ3v) is 12.4. The van der Waals surface area contributed by atoms with Crippen LogP contribution in [0.25, 0.3) is 0 Å². The highest BCUT2D eigenvalue weighted by Crippen LogP contribution is 2.70. The van der Waals surface area contributed by atoms with Crippen LogP contribution in [0, 0.1) is 34.5 Å². The summed E-state index contributed by atoms with van der Waals surface area (Å²) in [6.07, 6.45) is 2.74. The van der Waals surface area contributed by atoms with E-state index < -0.39 is 42.4 Å². The molecule has 5 fully saturated rings. The fraction of sp³-hybridized carbons (Fsp3) is 0.900. The molecule has 0 amide bonds. The van der Waals surface area contributed by atoms with E-state index in [0.717, 1.165) is 44.1 Å². The number of carbonyl (C=O) groups is 1. The fourth-order valence-corrected chi connectivity index (χ4v) is 10.1. The van der Waals surface area contributed by atoms with E-state index >= 15 is 0 Å². The van der Waals surface area contributed by atoms with E-state index in [2.05, 4.69) is 13.8 Å². The van der Waals surface area contributed by atoms with Gasteiger partial charge in [0.2, 0.25) is 0 Å². The largest absolute Gasteiger partial charge is 0.458 e. The summed E-state index contributed by atoms with van der Waals surface area (Å²) in [5.74, 6) is 0.393. The number of aliphatic hydroxyl groups excluding tert-OH is 3. The summed E-state index contributed by atoms with van der Waals surface area (Å²) in [4.78, 5) is 11.8. The topological polar surface area (TPSA) is 135 Å². The number of hydrogen-bond donors (Lipinski definition) is 4. The summed E-state index contributed by atoms with van der Waals surface area (Å²) in [5.41, 5.74) is -0.455. The quantitative estimate of drug-likeness (QED) is 0.307. The molecule has 0 bridgehead atoms. The molecule has 4 N–H and O–H groups in total. The van der Waals surface area contributed by atoms with E-state index in [4.69, 9.17) is 18.9 Å². The maximum absolute atomic E-state index is 12.4. The zero-order chi connectivity index (χ0) is 27.9. The van der Waals surface area contributed by atoms with Gasteiger partial charge in [-0.05, 0) is 86.5 Å². The van der Waals surface area contributed by atoms with Gasteiger partial charge in [0.25, 0.3) is 0 Å². The van der Waals surface area contributed by atoms with Gasteiger partial charge in [0, 0.05) is 25.0 Å². The van der Waals surface area contributed by atoms with Gasteiger partial charge in [-0.2, -0.15) is 0 Å². The first kappa shape index (κ1) is 28.1. The summed E-state index contributed by atoms with van der Waals surface area (Å²) in [6, 6.07) is 0. The Hall–Kier alpha value is -1.07. The van der Waals surface area contributed by atoms with Crippen molar-refractivity contribution in [3.8, 4) is 0 Å². The number of cyclic esters (lactones) is 1. The normalized spacial score (nSPS) is 55.3. The van der Waals surface area contributed by atoms with Crippen LogP contribution >= 0.6 is 0 Å². The van der Waals surface area contributed by atoms with Gasteiger partial charge in [-0.15, -0.1) is 0 Å². The van der Waals surface area contributed by atoms with Gasteiger partial charge in [-0.3, -0.25) is 0 Å². The van der Waals surface area contributed by atoms with Crippen LogP contribution in [-0.2, 0) is 23.7 Å². The summed E-state index contributed by atoms with van der Waals surface area (Å²) in [7, 11) is 1.45. The van der Waals surface area contributed by atoms with Crippen molar-refractivity contribution in [2.45, 2.75) is 121 Å². The Morgan fingerprint density at radius 2 is 1.77 bits per heavy atom. The van der Waals surface area contributed by atoms with Gasteiger partial charge >= 0.3 is 5.97 Å². The van der Waals surface area contributed by atoms with E-state index in [-0.39, 0.29) is 46.6 Å². The number of aliphatic hydroxyl groups is 4. The minimum absolute atomic E-state index is 0.0986. The lowest BCUT2D eigenvalue weighted by Crippen LogP contribution is -2.65. The van der Waals surface area contributed by atoms with E-state index in [9.17, 15) is 25.2 Å². The van der Waals surface area contributed by atoms with Crippen molar-refractivity contribution in [1.29, 1.82) is 0 Å². The van der Waals surface area contributed by atoms with E-state index in [0.29, 0.717) is 19.4 Å². The Bertz CT molecular complexity index is 1000. The monoisotopic (exact) mass is 550 g/mol. The SMILES string of the molecule is COC1C(O)C(C)OC(O[C@@H]2C[C@H]3CC[C@@H]4[C@H](CC[C@]5(C)[C@@H](C6=CC(=O)OC6)CC[C@]45O)[C@@]3(C)[C@H](O)C2)C1O. The maximum atomic E-state index is 12.4. The van der Waals surface area contributed by atoms with Gasteiger partial charge in [0.15, 0.2) is 6.29 Å². The lowest BCUT2D eigenvalue weighted by Gasteiger charge is -2.64. The summed E-state index contributed by atoms with van der Waals surface area (Å²) < 4.78 is 22.6. The molecule has 39 heavy (non-hydrogen) atoms. The van der Waals surface area contributed by atoms with Crippen molar-refractivity contribution in [1.82, 2.24) is 0 Å². The third-order valence-electron chi connectivity index (χ3n) is 12.4. The number of ether oxygens (including phenoxy) is 4. The van der Waals surface area contributed by atoms with Gasteiger partial charge in [-0.1, -0.05) is 13.8 Å². The minimum Gasteiger partial charge on any atom is -0.458 e. The van der Waals surface area contributed by atoms with E-state index in [1.54, 1.807) is 13.0 Å². The van der Waals surface area contributed by atoms with Crippen LogP contribution in [0.1, 0.15) is 72.1 Å². The van der Waals surface area contributed by atoms with Gasteiger partial charge in [0.1, 0.15) is 24.9 Å². The van der Waals surface area contributed by atoms with Crippen LogP contribution in [0.15, 0.2) is 11.6 Å². The van der Waals surface area contributed by atoms with Crippen LogP contribution in [0.3, 0.4) is 0 Å². The number of carbonyl (C=O) groups excluding carboxylic acids is 1. The van der Waals surface area contributed by atoms with Crippen molar-refractivity contribution >= 4 is 5.97 Å². The first-order valence-electron chi connectivity index (χ1n) is 14.9. The average molecular weight is 551 g/mol. The molecule has 2 heterocycles. The number of methoxy groups -OCH3 is 1. The summed E-state index contributed by atoms with van der Waals surface area (Å²) in [6.45, 7) is 6.49. The van der Waals surface area contributed by atoms with E-state index in [1.165, 1.54) is 7.11 Å². The van der Waals surface area contributed by atoms with Crippen molar-refractivity contribution in [2.75, 3.05) is 13.7 Å². The van der Waals surface area contributed by atoms with Crippen LogP contribution in [0.2, 0.25) is 0 Å². The Labute approximate surface area is 230 Å². The molecular formula is C30H46O9. The summed E-state index contributed by atoms with van der Waals surface area (Å²) in [5, 5.41) is 45.2. The standard InChI is InChI=1S/C30H46O9/c1-15-24(33)26(36-4)25(34)27(38-15)39-18-12-17-5-6-21-20(29(17,3)22(31)13-18)7-9-28(2)19(8-10-30(21,28)35)16-11-23(32)37-14-16/h11,15,17-22,24-27,31,33-35H,5-10,12-14H2,1-4H3/t15?,17-,18-,19-,20+,21-,22-,24?,25?,26?,27?,28-,29+,30+/m1/s1. The molecule has 4 aliphatic carbocycles. The maximum Gasteiger partial charge on any atom is 0.331 e. The molecular weight excluding hydrogens is 504 g/mol. The molecule has 0 radical (unpaired) electrons. The smallest absolute Gasteiger partial charge is 0.331 e. The third kappa shape index (κ3) is 4.02. The lowest BCUT2D eigenvalue weighted by molar-refractivity contribution is -0.317. The Balaban J connectivity index is 1.19. The Morgan fingerprint density at radius 3 is 2.46 bits per heavy atom. The van der Waals surface area contributed by atoms with Crippen LogP contribution in [-0.4, -0.2) is 88.6 Å². The molecule has 2 aliphatic heterocycles. The van der Waals surface area contributed by atoms with Crippen LogP contribution in [0.5, 0.6) is 0 Å². The van der Waals surface area contributed by atoms with Crippen molar-refractivity contribution in [2.24, 2.45) is 34.5 Å². The molecule has 9 heteroatoms. The van der Waals surface area contributed by atoms with E-state index in [1.807, 2.05) is 0 Å². The first-order chi connectivity index (χ1) is 18.4. The van der Waals surface area contributed by atoms with Crippen molar-refractivity contribution < 1.29 is 44.2 Å². The second-order valence-corrected chi connectivity index (χ2v) is 13.8. The molecule has 1 saturated heterocycles. The fourth-order valence-electron chi connectivity index (χ4n) is 10.1. The highest BCUT2D eigenvalue weighted by Gasteiger charge is 2.69.